The van der Waals surface area contributed by atoms with E-state index in [1.54, 1.807) is 24.3 Å². The molecule has 2 fully saturated rings. The van der Waals surface area contributed by atoms with Crippen molar-refractivity contribution in [1.29, 1.82) is 0 Å². The molecule has 1 N–H and O–H groups in total. The molecule has 2 amide bonds. The zero-order valence-corrected chi connectivity index (χ0v) is 15.3. The van der Waals surface area contributed by atoms with Crippen LogP contribution in [0.5, 0.6) is 0 Å². The van der Waals surface area contributed by atoms with Crippen LogP contribution in [0.3, 0.4) is 0 Å². The Labute approximate surface area is 158 Å². The van der Waals surface area contributed by atoms with Crippen LogP contribution in [0, 0.1) is 5.82 Å². The minimum atomic E-state index is -0.211. The Morgan fingerprint density at radius 2 is 1.56 bits per heavy atom. The number of nitrogens with one attached hydrogen (secondary N) is 1. The van der Waals surface area contributed by atoms with Crippen molar-refractivity contribution in [3.63, 3.8) is 0 Å². The number of anilines is 1. The predicted octanol–water partition coefficient (Wildman–Crippen LogP) is 4.33. The highest BCUT2D eigenvalue weighted by Gasteiger charge is 2.43. The fraction of sp³-hybridized carbons (Fsp3) is 0.364. The lowest BCUT2D eigenvalue weighted by atomic mass is 9.85. The first-order chi connectivity index (χ1) is 13.0. The molecule has 0 aromatic heterocycles. The van der Waals surface area contributed by atoms with Gasteiger partial charge in [0.15, 0.2) is 0 Å². The van der Waals surface area contributed by atoms with Gasteiger partial charge in [-0.15, -0.1) is 0 Å². The lowest BCUT2D eigenvalue weighted by Crippen LogP contribution is -2.46. The molecule has 2 aliphatic heterocycles. The summed E-state index contributed by atoms with van der Waals surface area (Å²) in [5.74, 6) is 0.107. The van der Waals surface area contributed by atoms with Gasteiger partial charge in [-0.25, -0.2) is 4.39 Å². The molecule has 2 heterocycles. The maximum Gasteiger partial charge on any atom is 0.254 e. The van der Waals surface area contributed by atoms with Crippen LogP contribution in [0.25, 0.3) is 0 Å². The number of carbonyl (C=O) groups excluding carboxylic acids is 2. The summed E-state index contributed by atoms with van der Waals surface area (Å²) in [7, 11) is 0. The lowest BCUT2D eigenvalue weighted by Gasteiger charge is -2.39. The molecule has 0 radical (unpaired) electrons. The van der Waals surface area contributed by atoms with Gasteiger partial charge in [0.05, 0.1) is 0 Å². The molecule has 4 rings (SSSR count). The molecular formula is C22H23FN2O2. The SMILES string of the molecule is CC(=O)Nc1ccc(C(=O)N2C3CCC2CC(c2ccc(F)cc2)C3)cc1. The highest BCUT2D eigenvalue weighted by atomic mass is 19.1. The largest absolute Gasteiger partial charge is 0.333 e. The van der Waals surface area contributed by atoms with Crippen LogP contribution in [0.15, 0.2) is 48.5 Å². The van der Waals surface area contributed by atoms with Crippen LogP contribution in [0.1, 0.15) is 54.4 Å². The van der Waals surface area contributed by atoms with Crippen LogP contribution in [-0.4, -0.2) is 28.8 Å². The molecule has 2 aromatic carbocycles. The lowest BCUT2D eigenvalue weighted by molar-refractivity contribution is -0.114. The Balaban J connectivity index is 1.48. The smallest absolute Gasteiger partial charge is 0.254 e. The summed E-state index contributed by atoms with van der Waals surface area (Å²) in [6.07, 6.45) is 3.91. The molecule has 2 atom stereocenters. The number of benzene rings is 2. The zero-order chi connectivity index (χ0) is 19.0. The van der Waals surface area contributed by atoms with Gasteiger partial charge in [0.1, 0.15) is 5.82 Å². The number of amides is 2. The Hall–Kier alpha value is -2.69. The van der Waals surface area contributed by atoms with Crippen LogP contribution >= 0.6 is 0 Å². The first kappa shape index (κ1) is 17.7. The standard InChI is InChI=1S/C22H23FN2O2/c1-14(26)24-19-8-4-16(5-9-19)22(27)25-20-10-11-21(25)13-17(12-20)15-2-6-18(23)7-3-15/h2-9,17,20-21H,10-13H2,1H3,(H,24,26). The average Bonchev–Trinajstić information content (AvgIpc) is 2.91. The van der Waals surface area contributed by atoms with Crippen molar-refractivity contribution in [2.75, 3.05) is 5.32 Å². The van der Waals surface area contributed by atoms with Crippen molar-refractivity contribution in [2.24, 2.45) is 0 Å². The van der Waals surface area contributed by atoms with E-state index in [1.165, 1.54) is 24.6 Å². The van der Waals surface area contributed by atoms with E-state index in [0.717, 1.165) is 25.7 Å². The second-order valence-corrected chi connectivity index (χ2v) is 7.58. The van der Waals surface area contributed by atoms with Crippen molar-refractivity contribution < 1.29 is 14.0 Å². The molecule has 2 bridgehead atoms. The van der Waals surface area contributed by atoms with E-state index in [4.69, 9.17) is 0 Å². The molecule has 5 heteroatoms. The van der Waals surface area contributed by atoms with E-state index in [0.29, 0.717) is 17.2 Å². The highest BCUT2D eigenvalue weighted by molar-refractivity contribution is 5.96. The van der Waals surface area contributed by atoms with Gasteiger partial charge in [0, 0.05) is 30.3 Å². The molecule has 4 nitrogen and oxygen atoms in total. The molecule has 27 heavy (non-hydrogen) atoms. The Bertz CT molecular complexity index is 834. The van der Waals surface area contributed by atoms with Gasteiger partial charge in [0.2, 0.25) is 5.91 Å². The number of carbonyl (C=O) groups is 2. The number of hydrogen-bond donors (Lipinski definition) is 1. The molecule has 0 aliphatic carbocycles. The number of piperidine rings is 1. The number of hydrogen-bond acceptors (Lipinski definition) is 2. The molecule has 2 aliphatic rings. The molecule has 0 saturated carbocycles. The first-order valence-corrected chi connectivity index (χ1v) is 9.47. The van der Waals surface area contributed by atoms with Crippen LogP contribution in [0.4, 0.5) is 10.1 Å². The van der Waals surface area contributed by atoms with Crippen molar-refractivity contribution in [1.82, 2.24) is 4.90 Å². The number of halogens is 1. The maximum absolute atomic E-state index is 13.2. The van der Waals surface area contributed by atoms with Gasteiger partial charge in [-0.05, 0) is 73.6 Å². The van der Waals surface area contributed by atoms with Gasteiger partial charge >= 0.3 is 0 Å². The van der Waals surface area contributed by atoms with Gasteiger partial charge in [-0.3, -0.25) is 9.59 Å². The van der Waals surface area contributed by atoms with Crippen LogP contribution in [-0.2, 0) is 4.79 Å². The third kappa shape index (κ3) is 3.59. The Kier molecular flexibility index (Phi) is 4.68. The molecule has 2 saturated heterocycles. The second-order valence-electron chi connectivity index (χ2n) is 7.58. The molecular weight excluding hydrogens is 343 g/mol. The summed E-state index contributed by atoms with van der Waals surface area (Å²) in [5.41, 5.74) is 2.51. The summed E-state index contributed by atoms with van der Waals surface area (Å²) in [4.78, 5) is 26.3. The Morgan fingerprint density at radius 1 is 0.963 bits per heavy atom. The molecule has 2 aromatic rings. The molecule has 2 unspecified atom stereocenters. The van der Waals surface area contributed by atoms with E-state index in [-0.39, 0.29) is 29.7 Å². The number of fused-ring (bicyclic) bond motifs is 2. The van der Waals surface area contributed by atoms with Crippen molar-refractivity contribution in [2.45, 2.75) is 50.6 Å². The maximum atomic E-state index is 13.2. The van der Waals surface area contributed by atoms with E-state index < -0.39 is 0 Å². The minimum Gasteiger partial charge on any atom is -0.333 e. The molecule has 140 valence electrons. The third-order valence-electron chi connectivity index (χ3n) is 5.76. The average molecular weight is 366 g/mol. The fourth-order valence-electron chi connectivity index (χ4n) is 4.56. The summed E-state index contributed by atoms with van der Waals surface area (Å²) >= 11 is 0. The number of nitrogens with zero attached hydrogens (tertiary/aromatic N) is 1. The fourth-order valence-corrected chi connectivity index (χ4v) is 4.56. The van der Waals surface area contributed by atoms with Gasteiger partial charge < -0.3 is 10.2 Å². The van der Waals surface area contributed by atoms with E-state index >= 15 is 0 Å². The van der Waals surface area contributed by atoms with E-state index in [2.05, 4.69) is 5.32 Å². The third-order valence-corrected chi connectivity index (χ3v) is 5.76. The quantitative estimate of drug-likeness (QED) is 0.879. The summed E-state index contributed by atoms with van der Waals surface area (Å²) < 4.78 is 13.2. The second kappa shape index (κ2) is 7.14. The van der Waals surface area contributed by atoms with Gasteiger partial charge in [0.25, 0.3) is 5.91 Å². The first-order valence-electron chi connectivity index (χ1n) is 9.47. The number of rotatable bonds is 3. The Morgan fingerprint density at radius 3 is 2.11 bits per heavy atom. The van der Waals surface area contributed by atoms with Gasteiger partial charge in [-0.2, -0.15) is 0 Å². The van der Waals surface area contributed by atoms with E-state index in [1.807, 2.05) is 17.0 Å². The van der Waals surface area contributed by atoms with Crippen LogP contribution < -0.4 is 5.32 Å². The summed E-state index contributed by atoms with van der Waals surface area (Å²) in [5, 5.41) is 2.72. The predicted molar refractivity (Wildman–Crippen MR) is 102 cm³/mol. The van der Waals surface area contributed by atoms with Gasteiger partial charge in [-0.1, -0.05) is 12.1 Å². The van der Waals surface area contributed by atoms with E-state index in [9.17, 15) is 14.0 Å². The highest BCUT2D eigenvalue weighted by Crippen LogP contribution is 2.43. The van der Waals surface area contributed by atoms with Crippen molar-refractivity contribution in [3.05, 3.63) is 65.5 Å². The monoisotopic (exact) mass is 366 g/mol. The minimum absolute atomic E-state index is 0.0643. The summed E-state index contributed by atoms with van der Waals surface area (Å²) in [6, 6.07) is 14.3. The topological polar surface area (TPSA) is 49.4 Å². The zero-order valence-electron chi connectivity index (χ0n) is 15.3. The normalized spacial score (nSPS) is 23.9. The van der Waals surface area contributed by atoms with Crippen molar-refractivity contribution in [3.8, 4) is 0 Å². The summed E-state index contributed by atoms with van der Waals surface area (Å²) in [6.45, 7) is 1.46. The van der Waals surface area contributed by atoms with Crippen molar-refractivity contribution >= 4 is 17.5 Å². The molecule has 0 spiro atoms. The van der Waals surface area contributed by atoms with Crippen LogP contribution in [0.2, 0.25) is 0 Å².